The van der Waals surface area contributed by atoms with E-state index in [1.807, 2.05) is 6.07 Å². The number of hydrogen-bond acceptors (Lipinski definition) is 2. The first-order valence-corrected chi connectivity index (χ1v) is 14.4. The Morgan fingerprint density at radius 2 is 1.89 bits per heavy atom. The van der Waals surface area contributed by atoms with Gasteiger partial charge in [0.05, 0.1) is 21.3 Å². The minimum absolute atomic E-state index is 0.159. The summed E-state index contributed by atoms with van der Waals surface area (Å²) in [5.41, 5.74) is 7.63. The summed E-state index contributed by atoms with van der Waals surface area (Å²) in [5.74, 6) is 0.942. The highest BCUT2D eigenvalue weighted by Gasteiger charge is 2.45. The van der Waals surface area contributed by atoms with E-state index in [1.54, 1.807) is 29.0 Å². The monoisotopic (exact) mass is 398 g/mol. The van der Waals surface area contributed by atoms with Crippen molar-refractivity contribution in [2.24, 2.45) is 5.41 Å². The summed E-state index contributed by atoms with van der Waals surface area (Å²) in [4.78, 5) is 0. The zero-order valence-electron chi connectivity index (χ0n) is 18.9. The van der Waals surface area contributed by atoms with E-state index in [0.29, 0.717) is 0 Å². The predicted octanol–water partition coefficient (Wildman–Crippen LogP) is 6.38. The van der Waals surface area contributed by atoms with Gasteiger partial charge in [0.15, 0.2) is 0 Å². The van der Waals surface area contributed by atoms with Crippen molar-refractivity contribution in [2.45, 2.75) is 85.0 Å². The van der Waals surface area contributed by atoms with Gasteiger partial charge in [-0.1, -0.05) is 50.3 Å². The number of hydrogen-bond donors (Lipinski definition) is 1. The second-order valence-corrected chi connectivity index (χ2v) is 15.2. The van der Waals surface area contributed by atoms with Gasteiger partial charge in [-0.15, -0.1) is 0 Å². The van der Waals surface area contributed by atoms with Crippen molar-refractivity contribution in [2.75, 3.05) is 7.11 Å². The van der Waals surface area contributed by atoms with Crippen LogP contribution in [0.1, 0.15) is 57.1 Å². The highest BCUT2D eigenvalue weighted by Crippen LogP contribution is 2.55. The van der Waals surface area contributed by atoms with Crippen LogP contribution in [0.15, 0.2) is 40.1 Å². The third kappa shape index (κ3) is 4.02. The van der Waals surface area contributed by atoms with E-state index in [2.05, 4.69) is 52.5 Å². The highest BCUT2D eigenvalue weighted by atomic mass is 28.3. The predicted molar refractivity (Wildman–Crippen MR) is 122 cm³/mol. The minimum Gasteiger partial charge on any atom is -0.497 e. The molecule has 28 heavy (non-hydrogen) atoms. The van der Waals surface area contributed by atoms with Gasteiger partial charge in [-0.25, -0.2) is 0 Å². The lowest BCUT2D eigenvalue weighted by Crippen LogP contribution is -2.34. The topological polar surface area (TPSA) is 29.5 Å². The van der Waals surface area contributed by atoms with Crippen LogP contribution in [-0.2, 0) is 6.42 Å². The van der Waals surface area contributed by atoms with Crippen molar-refractivity contribution in [3.05, 3.63) is 51.2 Å². The van der Waals surface area contributed by atoms with E-state index in [1.165, 1.54) is 17.5 Å². The minimum atomic E-state index is -1.40. The first-order valence-electron chi connectivity index (χ1n) is 10.9. The van der Waals surface area contributed by atoms with Gasteiger partial charge in [0.2, 0.25) is 0 Å². The summed E-state index contributed by atoms with van der Waals surface area (Å²) in [5, 5.41) is 12.3. The maximum Gasteiger partial charge on any atom is 0.119 e. The molecule has 0 radical (unpaired) electrons. The van der Waals surface area contributed by atoms with Crippen LogP contribution in [0.2, 0.25) is 19.6 Å². The Labute approximate surface area is 172 Å². The Morgan fingerprint density at radius 1 is 1.18 bits per heavy atom. The Kier molecular flexibility index (Phi) is 5.98. The second kappa shape index (κ2) is 7.83. The molecule has 0 saturated heterocycles. The van der Waals surface area contributed by atoms with Crippen molar-refractivity contribution in [1.82, 2.24) is 0 Å². The molecule has 2 nitrogen and oxygen atoms in total. The molecule has 2 aliphatic carbocycles. The van der Waals surface area contributed by atoms with Crippen LogP contribution in [0.5, 0.6) is 5.75 Å². The molecule has 0 bridgehead atoms. The largest absolute Gasteiger partial charge is 0.497 e. The molecular weight excluding hydrogens is 360 g/mol. The van der Waals surface area contributed by atoms with Crippen LogP contribution in [0.3, 0.4) is 0 Å². The molecule has 0 aromatic heterocycles. The van der Waals surface area contributed by atoms with Crippen molar-refractivity contribution < 1.29 is 9.84 Å². The lowest BCUT2D eigenvalue weighted by atomic mass is 9.72. The molecule has 1 aromatic carbocycles. The smallest absolute Gasteiger partial charge is 0.119 e. The molecule has 1 saturated carbocycles. The van der Waals surface area contributed by atoms with Crippen LogP contribution in [0.25, 0.3) is 0 Å². The fourth-order valence-corrected chi connectivity index (χ4v) is 7.63. The summed E-state index contributed by atoms with van der Waals surface area (Å²) < 4.78 is 5.46. The van der Waals surface area contributed by atoms with Gasteiger partial charge >= 0.3 is 0 Å². The summed E-state index contributed by atoms with van der Waals surface area (Å²) in [6.07, 6.45) is 6.01. The van der Waals surface area contributed by atoms with Gasteiger partial charge in [-0.2, -0.15) is 0 Å². The molecule has 3 rings (SSSR count). The van der Waals surface area contributed by atoms with E-state index < -0.39 is 8.07 Å². The van der Waals surface area contributed by atoms with Crippen molar-refractivity contribution in [1.29, 1.82) is 0 Å². The maximum atomic E-state index is 10.5. The summed E-state index contributed by atoms with van der Waals surface area (Å²) in [6.45, 7) is 14.4. The first kappa shape index (κ1) is 21.4. The molecule has 1 fully saturated rings. The molecular formula is C25H38O2Si. The fraction of sp³-hybridized carbons (Fsp3) is 0.600. The van der Waals surface area contributed by atoms with Gasteiger partial charge < -0.3 is 9.84 Å². The normalized spacial score (nSPS) is 25.4. The number of aliphatic hydroxyl groups excluding tert-OH is 1. The number of rotatable bonds is 6. The fourth-order valence-electron chi connectivity index (χ4n) is 5.48. The second-order valence-electron chi connectivity index (χ2n) is 10.1. The average molecular weight is 399 g/mol. The molecule has 0 aliphatic heterocycles. The van der Waals surface area contributed by atoms with E-state index in [0.717, 1.165) is 37.9 Å². The maximum absolute atomic E-state index is 10.5. The number of methoxy groups -OCH3 is 1. The number of aryl methyl sites for hydroxylation is 2. The number of ether oxygens (including phenoxy) is 1. The van der Waals surface area contributed by atoms with E-state index in [-0.39, 0.29) is 11.5 Å². The summed E-state index contributed by atoms with van der Waals surface area (Å²) >= 11 is 0. The number of aliphatic hydroxyl groups is 1. The van der Waals surface area contributed by atoms with Crippen LogP contribution in [0, 0.1) is 12.3 Å². The van der Waals surface area contributed by atoms with Crippen LogP contribution < -0.4 is 4.74 Å². The molecule has 1 aromatic rings. The first-order chi connectivity index (χ1) is 13.1. The van der Waals surface area contributed by atoms with Gasteiger partial charge in [-0.3, -0.25) is 0 Å². The number of benzene rings is 1. The van der Waals surface area contributed by atoms with E-state index >= 15 is 0 Å². The Morgan fingerprint density at radius 3 is 2.50 bits per heavy atom. The average Bonchev–Trinajstić information content (AvgIpc) is 2.93. The van der Waals surface area contributed by atoms with E-state index in [4.69, 9.17) is 4.74 Å². The summed E-state index contributed by atoms with van der Waals surface area (Å²) in [6, 6.07) is 6.41. The van der Waals surface area contributed by atoms with Gasteiger partial charge in [-0.05, 0) is 85.3 Å². The van der Waals surface area contributed by atoms with E-state index in [9.17, 15) is 5.11 Å². The molecule has 0 unspecified atom stereocenters. The van der Waals surface area contributed by atoms with Gasteiger partial charge in [0.1, 0.15) is 5.75 Å². The van der Waals surface area contributed by atoms with Crippen LogP contribution in [-0.4, -0.2) is 26.4 Å². The molecule has 0 heterocycles. The molecule has 3 heteroatoms. The van der Waals surface area contributed by atoms with Crippen molar-refractivity contribution in [3.8, 4) is 5.75 Å². The molecule has 0 spiro atoms. The number of allylic oxidation sites excluding steroid dienone is 3. The Hall–Kier alpha value is -1.32. The van der Waals surface area contributed by atoms with Crippen molar-refractivity contribution in [3.63, 3.8) is 0 Å². The lowest BCUT2D eigenvalue weighted by molar-refractivity contribution is 0.164. The molecule has 2 atom stereocenters. The zero-order chi connectivity index (χ0) is 20.7. The van der Waals surface area contributed by atoms with Gasteiger partial charge in [0, 0.05) is 0 Å². The lowest BCUT2D eigenvalue weighted by Gasteiger charge is -2.40. The standard InChI is InChI=1S/C25H38O2Si/c1-8-21-22(12-10-18-13-20(27-4)11-9-17(18)2)23-14-19(26)15-25(23,3)16-24(21)28(5,6)7/h9,11,13,19,26H,8,10,12,14-16H2,1-7H3/t19-,25+/m1/s1. The molecule has 0 amide bonds. The quantitative estimate of drug-likeness (QED) is 0.563. The van der Waals surface area contributed by atoms with Crippen molar-refractivity contribution >= 4 is 8.07 Å². The summed E-state index contributed by atoms with van der Waals surface area (Å²) in [7, 11) is 0.339. The van der Waals surface area contributed by atoms with Crippen LogP contribution in [0.4, 0.5) is 0 Å². The molecule has 2 aliphatic rings. The third-order valence-electron chi connectivity index (χ3n) is 6.97. The Bertz CT molecular complexity index is 812. The molecule has 154 valence electrons. The third-order valence-corrected chi connectivity index (χ3v) is 9.26. The highest BCUT2D eigenvalue weighted by molar-refractivity contribution is 6.83. The Balaban J connectivity index is 2.02. The zero-order valence-corrected chi connectivity index (χ0v) is 19.9. The number of fused-ring (bicyclic) bond motifs is 1. The van der Waals surface area contributed by atoms with Gasteiger partial charge in [0.25, 0.3) is 0 Å². The SMILES string of the molecule is CCC1=C([Si](C)(C)C)C[C@]2(C)C[C@H](O)CC2=C1CCc1cc(OC)ccc1C. The molecule has 1 N–H and O–H groups in total. The van der Waals surface area contributed by atoms with Crippen LogP contribution >= 0.6 is 0 Å².